The Balaban J connectivity index is 1.46. The van der Waals surface area contributed by atoms with Gasteiger partial charge in [0.2, 0.25) is 5.91 Å². The van der Waals surface area contributed by atoms with Gasteiger partial charge in [0.1, 0.15) is 24.5 Å². The van der Waals surface area contributed by atoms with Gasteiger partial charge < -0.3 is 24.6 Å². The summed E-state index contributed by atoms with van der Waals surface area (Å²) in [7, 11) is 1.89. The van der Waals surface area contributed by atoms with Crippen molar-refractivity contribution in [3.8, 4) is 5.75 Å². The van der Waals surface area contributed by atoms with Crippen molar-refractivity contribution in [3.05, 3.63) is 39.5 Å². The number of fused-ring (bicyclic) bond motifs is 1. The first-order chi connectivity index (χ1) is 15.5. The molecule has 1 aromatic carbocycles. The predicted molar refractivity (Wildman–Crippen MR) is 123 cm³/mol. The minimum Gasteiger partial charge on any atom is -0.489 e. The van der Waals surface area contributed by atoms with E-state index < -0.39 is 6.10 Å². The highest BCUT2D eigenvalue weighted by Gasteiger charge is 2.34. The molecule has 0 aliphatic carbocycles. The number of amides is 2. The van der Waals surface area contributed by atoms with Crippen LogP contribution in [0.4, 0.5) is 11.4 Å². The number of likely N-dealkylation sites (N-methyl/N-ethyl adjacent to an activating group) is 1. The number of ether oxygens (including phenoxy) is 2. The van der Waals surface area contributed by atoms with Crippen molar-refractivity contribution in [2.45, 2.75) is 31.4 Å². The molecule has 10 heteroatoms. The maximum absolute atomic E-state index is 12.4. The molecule has 170 valence electrons. The summed E-state index contributed by atoms with van der Waals surface area (Å²) < 4.78 is 11.8. The van der Waals surface area contributed by atoms with Gasteiger partial charge >= 0.3 is 0 Å². The van der Waals surface area contributed by atoms with Crippen molar-refractivity contribution in [1.29, 1.82) is 0 Å². The fourth-order valence-electron chi connectivity index (χ4n) is 4.04. The lowest BCUT2D eigenvalue weighted by atomic mass is 10.1. The molecule has 8 nitrogen and oxygen atoms in total. The van der Waals surface area contributed by atoms with Gasteiger partial charge in [-0.2, -0.15) is 0 Å². The zero-order valence-corrected chi connectivity index (χ0v) is 19.2. The van der Waals surface area contributed by atoms with Crippen molar-refractivity contribution in [3.63, 3.8) is 0 Å². The Hall–Kier alpha value is -2.78. The maximum Gasteiger partial charge on any atom is 0.293 e. The molecule has 2 aliphatic rings. The van der Waals surface area contributed by atoms with E-state index in [1.807, 2.05) is 30.1 Å². The van der Waals surface area contributed by atoms with Gasteiger partial charge in [-0.1, -0.05) is 11.6 Å². The normalized spacial score (nSPS) is 19.1. The van der Waals surface area contributed by atoms with Crippen LogP contribution in [0.25, 0.3) is 0 Å². The van der Waals surface area contributed by atoms with Gasteiger partial charge in [0.25, 0.3) is 12.4 Å². The molecule has 3 heterocycles. The SMILES string of the molecule is CN1c2ccc(N3CCCCC3=O)cc2OC[C@H]1[C@H](CNC(=O)c1ccc(Cl)s1)OC=O. The van der Waals surface area contributed by atoms with E-state index in [1.165, 1.54) is 11.3 Å². The molecule has 1 N–H and O–H groups in total. The molecule has 0 unspecified atom stereocenters. The summed E-state index contributed by atoms with van der Waals surface area (Å²) in [5.41, 5.74) is 1.65. The Morgan fingerprint density at radius 1 is 1.38 bits per heavy atom. The van der Waals surface area contributed by atoms with E-state index in [1.54, 1.807) is 17.0 Å². The van der Waals surface area contributed by atoms with Crippen molar-refractivity contribution < 1.29 is 23.9 Å². The van der Waals surface area contributed by atoms with Gasteiger partial charge in [0, 0.05) is 31.8 Å². The number of carbonyl (C=O) groups is 3. The van der Waals surface area contributed by atoms with Crippen LogP contribution in [0.1, 0.15) is 28.9 Å². The minimum absolute atomic E-state index is 0.125. The summed E-state index contributed by atoms with van der Waals surface area (Å²) in [4.78, 5) is 40.0. The zero-order chi connectivity index (χ0) is 22.7. The summed E-state index contributed by atoms with van der Waals surface area (Å²) in [5.74, 6) is 0.513. The molecule has 2 amide bonds. The minimum atomic E-state index is -0.617. The molecule has 2 aliphatic heterocycles. The summed E-state index contributed by atoms with van der Waals surface area (Å²) in [6.45, 7) is 1.48. The van der Waals surface area contributed by atoms with E-state index in [2.05, 4.69) is 5.32 Å². The lowest BCUT2D eigenvalue weighted by Crippen LogP contribution is -2.53. The molecule has 2 aromatic rings. The lowest BCUT2D eigenvalue weighted by molar-refractivity contribution is -0.134. The van der Waals surface area contributed by atoms with E-state index >= 15 is 0 Å². The molecule has 0 saturated carbocycles. The molecular formula is C22H24ClN3O5S. The van der Waals surface area contributed by atoms with E-state index in [0.717, 1.165) is 24.2 Å². The quantitative estimate of drug-likeness (QED) is 0.616. The van der Waals surface area contributed by atoms with Gasteiger partial charge in [-0.15, -0.1) is 11.3 Å². The second-order valence-electron chi connectivity index (χ2n) is 7.73. The zero-order valence-electron chi connectivity index (χ0n) is 17.6. The van der Waals surface area contributed by atoms with E-state index in [0.29, 0.717) is 34.4 Å². The first-order valence-electron chi connectivity index (χ1n) is 10.4. The number of hydrogen-bond donors (Lipinski definition) is 1. The molecule has 32 heavy (non-hydrogen) atoms. The first-order valence-corrected chi connectivity index (χ1v) is 11.6. The number of thiophene rings is 1. The highest BCUT2D eigenvalue weighted by molar-refractivity contribution is 7.18. The van der Waals surface area contributed by atoms with Crippen molar-refractivity contribution in [2.24, 2.45) is 0 Å². The van der Waals surface area contributed by atoms with Crippen molar-refractivity contribution >= 4 is 52.6 Å². The van der Waals surface area contributed by atoms with Gasteiger partial charge in [-0.3, -0.25) is 14.4 Å². The Kier molecular flexibility index (Phi) is 6.86. The fourth-order valence-corrected chi connectivity index (χ4v) is 5.00. The van der Waals surface area contributed by atoms with Crippen LogP contribution in [-0.4, -0.2) is 57.2 Å². The summed E-state index contributed by atoms with van der Waals surface area (Å²) in [6.07, 6.45) is 1.86. The molecule has 1 aromatic heterocycles. The number of benzene rings is 1. The van der Waals surface area contributed by atoms with Crippen LogP contribution < -0.4 is 19.9 Å². The van der Waals surface area contributed by atoms with Crippen molar-refractivity contribution in [1.82, 2.24) is 5.32 Å². The number of rotatable bonds is 7. The monoisotopic (exact) mass is 477 g/mol. The summed E-state index contributed by atoms with van der Waals surface area (Å²) in [5, 5.41) is 2.80. The van der Waals surface area contributed by atoms with Gasteiger partial charge in [-0.25, -0.2) is 0 Å². The average molecular weight is 478 g/mol. The average Bonchev–Trinajstić information content (AvgIpc) is 3.23. The topological polar surface area (TPSA) is 88.2 Å². The molecule has 0 bridgehead atoms. The van der Waals surface area contributed by atoms with Gasteiger partial charge in [0.05, 0.1) is 21.4 Å². The molecular weight excluding hydrogens is 454 g/mol. The van der Waals surface area contributed by atoms with E-state index in [9.17, 15) is 14.4 Å². The molecule has 1 fully saturated rings. The van der Waals surface area contributed by atoms with Gasteiger partial charge in [0.15, 0.2) is 0 Å². The summed E-state index contributed by atoms with van der Waals surface area (Å²) in [6, 6.07) is 8.69. The Labute approximate surface area is 195 Å². The summed E-state index contributed by atoms with van der Waals surface area (Å²) >= 11 is 7.08. The number of nitrogens with zero attached hydrogens (tertiary/aromatic N) is 2. The van der Waals surface area contributed by atoms with Gasteiger partial charge in [-0.05, 0) is 37.1 Å². The van der Waals surface area contributed by atoms with Crippen LogP contribution in [0.2, 0.25) is 4.34 Å². The Morgan fingerprint density at radius 2 is 2.22 bits per heavy atom. The van der Waals surface area contributed by atoms with Crippen LogP contribution in [0.3, 0.4) is 0 Å². The number of anilines is 2. The molecule has 2 atom stereocenters. The van der Waals surface area contributed by atoms with Crippen LogP contribution in [0.15, 0.2) is 30.3 Å². The maximum atomic E-state index is 12.4. The number of piperidine rings is 1. The molecule has 0 radical (unpaired) electrons. The Bertz CT molecular complexity index is 1010. The number of halogens is 1. The number of hydrogen-bond acceptors (Lipinski definition) is 7. The first kappa shape index (κ1) is 22.4. The van der Waals surface area contributed by atoms with E-state index in [4.69, 9.17) is 21.1 Å². The molecule has 4 rings (SSSR count). The number of carbonyl (C=O) groups excluding carboxylic acids is 3. The fraction of sp³-hybridized carbons (Fsp3) is 0.409. The predicted octanol–water partition coefficient (Wildman–Crippen LogP) is 3.09. The molecule has 0 spiro atoms. The third-order valence-electron chi connectivity index (χ3n) is 5.79. The second kappa shape index (κ2) is 9.79. The molecule has 1 saturated heterocycles. The Morgan fingerprint density at radius 3 is 2.94 bits per heavy atom. The standard InChI is InChI=1S/C22H24ClN3O5S/c1-25-15-6-5-14(26-9-3-2-4-21(26)28)10-17(15)30-12-16(25)18(31-13-27)11-24-22(29)19-7-8-20(23)32-19/h5-8,10,13,16,18H,2-4,9,11-12H2,1H3,(H,24,29)/t16-,18-/m0/s1. The highest BCUT2D eigenvalue weighted by atomic mass is 35.5. The van der Waals surface area contributed by atoms with Crippen LogP contribution in [-0.2, 0) is 14.3 Å². The van der Waals surface area contributed by atoms with Crippen molar-refractivity contribution in [2.75, 3.05) is 36.5 Å². The third kappa shape index (κ3) is 4.68. The van der Waals surface area contributed by atoms with Crippen LogP contribution >= 0.6 is 22.9 Å². The highest BCUT2D eigenvalue weighted by Crippen LogP contribution is 2.38. The van der Waals surface area contributed by atoms with E-state index in [-0.39, 0.29) is 31.0 Å². The smallest absolute Gasteiger partial charge is 0.293 e. The lowest BCUT2D eigenvalue weighted by Gasteiger charge is -2.39. The van der Waals surface area contributed by atoms with Crippen LogP contribution in [0, 0.1) is 0 Å². The third-order valence-corrected chi connectivity index (χ3v) is 7.02. The second-order valence-corrected chi connectivity index (χ2v) is 9.44. The largest absolute Gasteiger partial charge is 0.489 e. The number of nitrogens with one attached hydrogen (secondary N) is 1. The van der Waals surface area contributed by atoms with Crippen LogP contribution in [0.5, 0.6) is 5.75 Å².